The third-order valence-corrected chi connectivity index (χ3v) is 3.50. The van der Waals surface area contributed by atoms with Gasteiger partial charge in [-0.1, -0.05) is 29.8 Å². The van der Waals surface area contributed by atoms with E-state index in [4.69, 9.17) is 9.47 Å². The molecule has 0 saturated carbocycles. The Labute approximate surface area is 123 Å². The van der Waals surface area contributed by atoms with Gasteiger partial charge in [-0.2, -0.15) is 0 Å². The van der Waals surface area contributed by atoms with Crippen LogP contribution in [0.5, 0.6) is 5.75 Å². The van der Waals surface area contributed by atoms with Crippen LogP contribution in [-0.2, 0) is 11.2 Å². The summed E-state index contributed by atoms with van der Waals surface area (Å²) in [5.41, 5.74) is 1.29. The predicted octanol–water partition coefficient (Wildman–Crippen LogP) is 3.01. The van der Waals surface area contributed by atoms with Crippen molar-refractivity contribution in [2.75, 3.05) is 26.3 Å². The number of benzene rings is 1. The summed E-state index contributed by atoms with van der Waals surface area (Å²) in [6, 6.07) is 6.20. The van der Waals surface area contributed by atoms with Crippen molar-refractivity contribution < 1.29 is 9.47 Å². The maximum atomic E-state index is 5.88. The average molecular weight is 328 g/mol. The van der Waals surface area contributed by atoms with Gasteiger partial charge < -0.3 is 14.8 Å². The van der Waals surface area contributed by atoms with Crippen molar-refractivity contribution in [1.82, 2.24) is 5.32 Å². The topological polar surface area (TPSA) is 30.5 Å². The highest BCUT2D eigenvalue weighted by molar-refractivity contribution is 9.10. The monoisotopic (exact) mass is 327 g/mol. The Balaban J connectivity index is 1.62. The Hall–Kier alpha value is -0.580. The molecule has 1 aliphatic heterocycles. The number of rotatable bonds is 7. The summed E-state index contributed by atoms with van der Waals surface area (Å²) < 4.78 is 12.5. The highest BCUT2D eigenvalue weighted by Crippen LogP contribution is 2.30. The molecule has 1 aromatic rings. The molecule has 1 aromatic carbocycles. The Kier molecular flexibility index (Phi) is 5.67. The highest BCUT2D eigenvalue weighted by Gasteiger charge is 2.22. The highest BCUT2D eigenvalue weighted by atomic mass is 79.9. The van der Waals surface area contributed by atoms with Gasteiger partial charge >= 0.3 is 0 Å². The molecule has 19 heavy (non-hydrogen) atoms. The second-order valence-electron chi connectivity index (χ2n) is 5.37. The van der Waals surface area contributed by atoms with Crippen LogP contribution >= 0.6 is 15.9 Å². The summed E-state index contributed by atoms with van der Waals surface area (Å²) in [5, 5.41) is 3.39. The van der Waals surface area contributed by atoms with Crippen LogP contribution in [0, 0.1) is 5.92 Å². The van der Waals surface area contributed by atoms with E-state index >= 15 is 0 Å². The van der Waals surface area contributed by atoms with Crippen molar-refractivity contribution in [2.24, 2.45) is 5.92 Å². The van der Waals surface area contributed by atoms with Crippen molar-refractivity contribution in [1.29, 1.82) is 0 Å². The Bertz CT molecular complexity index is 409. The second kappa shape index (κ2) is 7.27. The Morgan fingerprint density at radius 1 is 1.47 bits per heavy atom. The molecule has 1 N–H and O–H groups in total. The molecule has 0 fully saturated rings. The van der Waals surface area contributed by atoms with Crippen molar-refractivity contribution >= 4 is 15.9 Å². The van der Waals surface area contributed by atoms with Gasteiger partial charge in [-0.15, -0.1) is 0 Å². The average Bonchev–Trinajstić information content (AvgIpc) is 2.75. The van der Waals surface area contributed by atoms with E-state index in [0.29, 0.717) is 5.92 Å². The lowest BCUT2D eigenvalue weighted by atomic mass is 10.1. The van der Waals surface area contributed by atoms with Crippen LogP contribution in [0.25, 0.3) is 0 Å². The van der Waals surface area contributed by atoms with Gasteiger partial charge in [0.2, 0.25) is 0 Å². The quantitative estimate of drug-likeness (QED) is 0.781. The summed E-state index contributed by atoms with van der Waals surface area (Å²) in [7, 11) is 0. The van der Waals surface area contributed by atoms with E-state index in [1.807, 2.05) is 12.1 Å². The van der Waals surface area contributed by atoms with Crippen molar-refractivity contribution in [3.8, 4) is 5.75 Å². The molecule has 106 valence electrons. The van der Waals surface area contributed by atoms with Gasteiger partial charge in [0.05, 0.1) is 6.61 Å². The van der Waals surface area contributed by atoms with Crippen LogP contribution in [0.15, 0.2) is 22.7 Å². The molecule has 0 saturated heterocycles. The first-order valence-corrected chi connectivity index (χ1v) is 7.68. The van der Waals surface area contributed by atoms with Crippen LogP contribution in [-0.4, -0.2) is 32.4 Å². The lowest BCUT2D eigenvalue weighted by Crippen LogP contribution is -2.32. The summed E-state index contributed by atoms with van der Waals surface area (Å²) in [6.07, 6.45) is 1.23. The first-order valence-electron chi connectivity index (χ1n) is 6.88. The fourth-order valence-electron chi connectivity index (χ4n) is 2.13. The summed E-state index contributed by atoms with van der Waals surface area (Å²) in [6.45, 7) is 7.68. The number of hydrogen-bond acceptors (Lipinski definition) is 3. The van der Waals surface area contributed by atoms with E-state index < -0.39 is 0 Å². The Morgan fingerprint density at radius 3 is 3.11 bits per heavy atom. The maximum Gasteiger partial charge on any atom is 0.123 e. The summed E-state index contributed by atoms with van der Waals surface area (Å²) >= 11 is 3.49. The lowest BCUT2D eigenvalue weighted by molar-refractivity contribution is 0.109. The normalized spacial score (nSPS) is 17.6. The molecular weight excluding hydrogens is 306 g/mol. The van der Waals surface area contributed by atoms with Gasteiger partial charge in [-0.3, -0.25) is 0 Å². The molecular formula is C15H22BrNO2. The fourth-order valence-corrected chi connectivity index (χ4v) is 2.54. The third kappa shape index (κ3) is 4.79. The molecule has 1 atom stereocenters. The smallest absolute Gasteiger partial charge is 0.123 e. The Morgan fingerprint density at radius 2 is 2.32 bits per heavy atom. The van der Waals surface area contributed by atoms with Crippen molar-refractivity contribution in [3.63, 3.8) is 0 Å². The molecule has 0 spiro atoms. The minimum atomic E-state index is 0.245. The van der Waals surface area contributed by atoms with Crippen LogP contribution in [0.4, 0.5) is 0 Å². The van der Waals surface area contributed by atoms with Gasteiger partial charge in [-0.25, -0.2) is 0 Å². The molecule has 3 nitrogen and oxygen atoms in total. The van der Waals surface area contributed by atoms with E-state index in [1.54, 1.807) is 0 Å². The van der Waals surface area contributed by atoms with Crippen LogP contribution in [0.3, 0.4) is 0 Å². The van der Waals surface area contributed by atoms with Gasteiger partial charge in [0.1, 0.15) is 11.9 Å². The number of fused-ring (bicyclic) bond motifs is 1. The predicted molar refractivity (Wildman–Crippen MR) is 80.8 cm³/mol. The lowest BCUT2D eigenvalue weighted by Gasteiger charge is -2.12. The van der Waals surface area contributed by atoms with Crippen molar-refractivity contribution in [3.05, 3.63) is 28.2 Å². The minimum absolute atomic E-state index is 0.245. The zero-order valence-corrected chi connectivity index (χ0v) is 13.2. The fraction of sp³-hybridized carbons (Fsp3) is 0.600. The minimum Gasteiger partial charge on any atom is -0.488 e. The molecule has 1 unspecified atom stereocenters. The number of nitrogens with one attached hydrogen (secondary N) is 1. The van der Waals surface area contributed by atoms with E-state index in [0.717, 1.165) is 42.9 Å². The SMILES string of the molecule is CC(C)COCCNCC1Cc2cc(Br)ccc2O1. The summed E-state index contributed by atoms with van der Waals surface area (Å²) in [5.74, 6) is 1.62. The maximum absolute atomic E-state index is 5.88. The van der Waals surface area contributed by atoms with Crippen LogP contribution in [0.1, 0.15) is 19.4 Å². The van der Waals surface area contributed by atoms with Gasteiger partial charge in [0.15, 0.2) is 0 Å². The van der Waals surface area contributed by atoms with E-state index in [-0.39, 0.29) is 6.10 Å². The van der Waals surface area contributed by atoms with Gasteiger partial charge in [0.25, 0.3) is 0 Å². The first-order chi connectivity index (χ1) is 9.15. The number of ether oxygens (including phenoxy) is 2. The van der Waals surface area contributed by atoms with Crippen molar-refractivity contribution in [2.45, 2.75) is 26.4 Å². The summed E-state index contributed by atoms with van der Waals surface area (Å²) in [4.78, 5) is 0. The van der Waals surface area contributed by atoms with E-state index in [9.17, 15) is 0 Å². The standard InChI is InChI=1S/C15H22BrNO2/c1-11(2)10-18-6-5-17-9-14-8-12-7-13(16)3-4-15(12)19-14/h3-4,7,11,14,17H,5-6,8-10H2,1-2H3. The zero-order valence-electron chi connectivity index (χ0n) is 11.6. The van der Waals surface area contributed by atoms with E-state index in [2.05, 4.69) is 41.2 Å². The molecule has 1 aliphatic rings. The van der Waals surface area contributed by atoms with E-state index in [1.165, 1.54) is 5.56 Å². The van der Waals surface area contributed by atoms with Gasteiger partial charge in [0, 0.05) is 30.6 Å². The number of halogens is 1. The molecule has 0 radical (unpaired) electrons. The molecule has 0 bridgehead atoms. The molecule has 0 amide bonds. The second-order valence-corrected chi connectivity index (χ2v) is 6.28. The van der Waals surface area contributed by atoms with Gasteiger partial charge in [-0.05, 0) is 29.7 Å². The van der Waals surface area contributed by atoms with Crippen LogP contribution < -0.4 is 10.1 Å². The molecule has 4 heteroatoms. The molecule has 0 aliphatic carbocycles. The molecule has 1 heterocycles. The molecule has 0 aromatic heterocycles. The largest absolute Gasteiger partial charge is 0.488 e. The first kappa shape index (κ1) is 14.8. The zero-order chi connectivity index (χ0) is 13.7. The van der Waals surface area contributed by atoms with Crippen LogP contribution in [0.2, 0.25) is 0 Å². The molecule has 2 rings (SSSR count). The number of hydrogen-bond donors (Lipinski definition) is 1. The third-order valence-electron chi connectivity index (χ3n) is 3.01.